The lowest BCUT2D eigenvalue weighted by molar-refractivity contribution is 0.170. The Morgan fingerprint density at radius 3 is 3.18 bits per heavy atom. The Bertz CT molecular complexity index is 248. The molecule has 0 spiro atoms. The second kappa shape index (κ2) is 2.27. The molecule has 0 amide bonds. The van der Waals surface area contributed by atoms with Gasteiger partial charge in [0.15, 0.2) is 0 Å². The van der Waals surface area contributed by atoms with Gasteiger partial charge in [-0.2, -0.15) is 0 Å². The van der Waals surface area contributed by atoms with Crippen LogP contribution in [0.2, 0.25) is 0 Å². The molecule has 58 valence electrons. The molecule has 0 saturated heterocycles. The van der Waals surface area contributed by atoms with Crippen molar-refractivity contribution in [1.29, 1.82) is 0 Å². The standard InChI is InChI=1S/C8H10N2O/c1-5-2-7(11)8-6(5)3-9-4-10-8/h3-5,7,11H,2H2,1H3/t5?,7-/m1/s1. The van der Waals surface area contributed by atoms with E-state index in [1.807, 2.05) is 0 Å². The van der Waals surface area contributed by atoms with Gasteiger partial charge < -0.3 is 5.11 Å². The Labute approximate surface area is 65.1 Å². The van der Waals surface area contributed by atoms with Gasteiger partial charge in [0.2, 0.25) is 0 Å². The molecule has 1 aromatic heterocycles. The van der Waals surface area contributed by atoms with Gasteiger partial charge in [-0.25, -0.2) is 9.97 Å². The predicted molar refractivity (Wildman–Crippen MR) is 40.0 cm³/mol. The van der Waals surface area contributed by atoms with Crippen LogP contribution in [0.15, 0.2) is 12.5 Å². The van der Waals surface area contributed by atoms with E-state index >= 15 is 0 Å². The number of aliphatic hydroxyl groups excluding tert-OH is 1. The summed E-state index contributed by atoms with van der Waals surface area (Å²) in [5.41, 5.74) is 1.91. The zero-order chi connectivity index (χ0) is 7.84. The highest BCUT2D eigenvalue weighted by atomic mass is 16.3. The van der Waals surface area contributed by atoms with Crippen LogP contribution in [-0.4, -0.2) is 15.1 Å². The van der Waals surface area contributed by atoms with Gasteiger partial charge in [0.25, 0.3) is 0 Å². The van der Waals surface area contributed by atoms with Crippen LogP contribution in [-0.2, 0) is 0 Å². The maximum Gasteiger partial charge on any atom is 0.115 e. The quantitative estimate of drug-likeness (QED) is 0.600. The van der Waals surface area contributed by atoms with Crippen LogP contribution in [0.25, 0.3) is 0 Å². The second-order valence-electron chi connectivity index (χ2n) is 3.02. The number of rotatable bonds is 0. The molecule has 3 heteroatoms. The minimum Gasteiger partial charge on any atom is -0.387 e. The molecule has 0 saturated carbocycles. The van der Waals surface area contributed by atoms with Crippen molar-refractivity contribution in [2.75, 3.05) is 0 Å². The predicted octanol–water partition coefficient (Wildman–Crippen LogP) is 1.02. The number of aromatic nitrogens is 2. The van der Waals surface area contributed by atoms with Gasteiger partial charge in [-0.1, -0.05) is 6.92 Å². The molecule has 0 aliphatic heterocycles. The van der Waals surface area contributed by atoms with E-state index in [2.05, 4.69) is 16.9 Å². The molecule has 1 heterocycles. The molecule has 0 bridgehead atoms. The first kappa shape index (κ1) is 6.73. The molecule has 1 N–H and O–H groups in total. The summed E-state index contributed by atoms with van der Waals surface area (Å²) in [4.78, 5) is 7.95. The van der Waals surface area contributed by atoms with E-state index < -0.39 is 0 Å². The number of hydrogen-bond acceptors (Lipinski definition) is 3. The highest BCUT2D eigenvalue weighted by Gasteiger charge is 2.27. The summed E-state index contributed by atoms with van der Waals surface area (Å²) >= 11 is 0. The van der Waals surface area contributed by atoms with Crippen LogP contribution < -0.4 is 0 Å². The normalized spacial score (nSPS) is 28.5. The zero-order valence-corrected chi connectivity index (χ0v) is 6.36. The summed E-state index contributed by atoms with van der Waals surface area (Å²) in [6.45, 7) is 2.08. The highest BCUT2D eigenvalue weighted by Crippen LogP contribution is 2.37. The molecule has 3 nitrogen and oxygen atoms in total. The van der Waals surface area contributed by atoms with E-state index in [0.717, 1.165) is 17.7 Å². The first-order valence-corrected chi connectivity index (χ1v) is 3.77. The van der Waals surface area contributed by atoms with Gasteiger partial charge in [0.1, 0.15) is 6.33 Å². The van der Waals surface area contributed by atoms with Crippen LogP contribution in [0.4, 0.5) is 0 Å². The maximum absolute atomic E-state index is 9.46. The first-order valence-electron chi connectivity index (χ1n) is 3.77. The minimum atomic E-state index is -0.372. The largest absolute Gasteiger partial charge is 0.387 e. The lowest BCUT2D eigenvalue weighted by atomic mass is 10.1. The molecule has 0 radical (unpaired) electrons. The van der Waals surface area contributed by atoms with E-state index in [-0.39, 0.29) is 6.10 Å². The lowest BCUT2D eigenvalue weighted by Gasteiger charge is -1.99. The topological polar surface area (TPSA) is 46.0 Å². The summed E-state index contributed by atoms with van der Waals surface area (Å²) in [6.07, 6.45) is 3.69. The van der Waals surface area contributed by atoms with E-state index in [1.165, 1.54) is 6.33 Å². The third-order valence-electron chi connectivity index (χ3n) is 2.20. The lowest BCUT2D eigenvalue weighted by Crippen LogP contribution is -1.94. The number of fused-ring (bicyclic) bond motifs is 1. The Kier molecular flexibility index (Phi) is 1.39. The summed E-state index contributed by atoms with van der Waals surface area (Å²) in [7, 11) is 0. The molecule has 2 rings (SSSR count). The fourth-order valence-electron chi connectivity index (χ4n) is 1.58. The van der Waals surface area contributed by atoms with Crippen molar-refractivity contribution < 1.29 is 5.11 Å². The Morgan fingerprint density at radius 2 is 2.45 bits per heavy atom. The molecule has 1 aliphatic rings. The van der Waals surface area contributed by atoms with Crippen molar-refractivity contribution >= 4 is 0 Å². The van der Waals surface area contributed by atoms with E-state index in [1.54, 1.807) is 6.20 Å². The molecule has 2 atom stereocenters. The zero-order valence-electron chi connectivity index (χ0n) is 6.36. The summed E-state index contributed by atoms with van der Waals surface area (Å²) in [6, 6.07) is 0. The van der Waals surface area contributed by atoms with Crippen molar-refractivity contribution in [2.24, 2.45) is 0 Å². The van der Waals surface area contributed by atoms with Crippen LogP contribution in [0.1, 0.15) is 36.6 Å². The second-order valence-corrected chi connectivity index (χ2v) is 3.02. The molecule has 1 aromatic rings. The summed E-state index contributed by atoms with van der Waals surface area (Å²) in [5, 5.41) is 9.46. The van der Waals surface area contributed by atoms with Gasteiger partial charge in [0.05, 0.1) is 11.8 Å². The maximum atomic E-state index is 9.46. The highest BCUT2D eigenvalue weighted by molar-refractivity contribution is 5.27. The SMILES string of the molecule is CC1C[C@@H](O)c2ncncc21. The smallest absolute Gasteiger partial charge is 0.115 e. The average Bonchev–Trinajstić information content (AvgIpc) is 2.30. The van der Waals surface area contributed by atoms with E-state index in [4.69, 9.17) is 0 Å². The van der Waals surface area contributed by atoms with Crippen LogP contribution >= 0.6 is 0 Å². The van der Waals surface area contributed by atoms with Gasteiger partial charge in [-0.15, -0.1) is 0 Å². The van der Waals surface area contributed by atoms with Crippen LogP contribution in [0.5, 0.6) is 0 Å². The van der Waals surface area contributed by atoms with Crippen LogP contribution in [0.3, 0.4) is 0 Å². The van der Waals surface area contributed by atoms with Gasteiger partial charge in [-0.05, 0) is 17.9 Å². The molecular formula is C8H10N2O. The molecule has 0 aromatic carbocycles. The van der Waals surface area contributed by atoms with E-state index in [9.17, 15) is 5.11 Å². The minimum absolute atomic E-state index is 0.372. The summed E-state index contributed by atoms with van der Waals surface area (Å²) < 4.78 is 0. The Morgan fingerprint density at radius 1 is 1.64 bits per heavy atom. The monoisotopic (exact) mass is 150 g/mol. The van der Waals surface area contributed by atoms with Crippen molar-refractivity contribution in [1.82, 2.24) is 9.97 Å². The third kappa shape index (κ3) is 0.922. The molecular weight excluding hydrogens is 140 g/mol. The van der Waals surface area contributed by atoms with Crippen molar-refractivity contribution in [3.8, 4) is 0 Å². The van der Waals surface area contributed by atoms with Gasteiger partial charge in [0, 0.05) is 6.20 Å². The molecule has 0 fully saturated rings. The molecule has 1 unspecified atom stereocenters. The first-order chi connectivity index (χ1) is 5.29. The number of hydrogen-bond donors (Lipinski definition) is 1. The number of nitrogens with zero attached hydrogens (tertiary/aromatic N) is 2. The van der Waals surface area contributed by atoms with Crippen LogP contribution in [0, 0.1) is 0 Å². The van der Waals surface area contributed by atoms with Crippen molar-refractivity contribution in [3.63, 3.8) is 0 Å². The van der Waals surface area contributed by atoms with Crippen molar-refractivity contribution in [2.45, 2.75) is 25.4 Å². The number of aliphatic hydroxyl groups is 1. The summed E-state index contributed by atoms with van der Waals surface area (Å²) in [5.74, 6) is 0.404. The Hall–Kier alpha value is -0.960. The van der Waals surface area contributed by atoms with Gasteiger partial charge in [-0.3, -0.25) is 0 Å². The third-order valence-corrected chi connectivity index (χ3v) is 2.20. The Balaban J connectivity index is 2.52. The average molecular weight is 150 g/mol. The van der Waals surface area contributed by atoms with E-state index in [0.29, 0.717) is 5.92 Å². The molecule has 1 aliphatic carbocycles. The fraction of sp³-hybridized carbons (Fsp3) is 0.500. The molecule has 11 heavy (non-hydrogen) atoms. The fourth-order valence-corrected chi connectivity index (χ4v) is 1.58. The van der Waals surface area contributed by atoms with Gasteiger partial charge >= 0.3 is 0 Å². The van der Waals surface area contributed by atoms with Crippen molar-refractivity contribution in [3.05, 3.63) is 23.8 Å².